The summed E-state index contributed by atoms with van der Waals surface area (Å²) in [6.45, 7) is 5.36. The molecule has 22 heavy (non-hydrogen) atoms. The van der Waals surface area contributed by atoms with E-state index in [1.54, 1.807) is 0 Å². The van der Waals surface area contributed by atoms with Crippen LogP contribution in [0.15, 0.2) is 0 Å². The lowest BCUT2D eigenvalue weighted by Gasteiger charge is -2.70. The van der Waals surface area contributed by atoms with Crippen molar-refractivity contribution in [1.29, 1.82) is 0 Å². The summed E-state index contributed by atoms with van der Waals surface area (Å²) in [4.78, 5) is 2.26. The highest BCUT2D eigenvalue weighted by molar-refractivity contribution is 5.17. The van der Waals surface area contributed by atoms with E-state index in [1.165, 1.54) is 19.3 Å². The van der Waals surface area contributed by atoms with Gasteiger partial charge in [-0.25, -0.2) is 0 Å². The molecule has 0 spiro atoms. The van der Waals surface area contributed by atoms with Crippen molar-refractivity contribution in [3.05, 3.63) is 0 Å². The van der Waals surface area contributed by atoms with Crippen molar-refractivity contribution < 1.29 is 19.3 Å². The molecule has 4 saturated carbocycles. The first-order valence-corrected chi connectivity index (χ1v) is 8.74. The smallest absolute Gasteiger partial charge is 0.0829 e. The summed E-state index contributed by atoms with van der Waals surface area (Å²) in [5.41, 5.74) is 0.913. The number of nitrogens with zero attached hydrogens (tertiary/aromatic N) is 1. The minimum absolute atomic E-state index is 0.111. The van der Waals surface area contributed by atoms with Crippen LogP contribution in [0.4, 0.5) is 0 Å². The molecule has 0 aromatic rings. The first-order valence-electron chi connectivity index (χ1n) is 8.74. The van der Waals surface area contributed by atoms with Gasteiger partial charge in [-0.2, -0.15) is 0 Å². The predicted octanol–water partition coefficient (Wildman–Crippen LogP) is 1.04. The largest absolute Gasteiger partial charge is 0.393 e. The van der Waals surface area contributed by atoms with Crippen molar-refractivity contribution in [2.24, 2.45) is 10.8 Å². The van der Waals surface area contributed by atoms with Crippen LogP contribution in [0.2, 0.25) is 0 Å². The highest BCUT2D eigenvalue weighted by atomic mass is 16.5. The Labute approximate surface area is 132 Å². The average Bonchev–Trinajstić information content (AvgIpc) is 2.33. The van der Waals surface area contributed by atoms with Crippen molar-refractivity contribution in [2.75, 3.05) is 46.6 Å². The molecule has 5 nitrogen and oxygen atoms in total. The lowest BCUT2D eigenvalue weighted by molar-refractivity contribution is -0.265. The van der Waals surface area contributed by atoms with E-state index in [0.29, 0.717) is 23.0 Å². The molecule has 5 rings (SSSR count). The Balaban J connectivity index is 1.03. The van der Waals surface area contributed by atoms with Gasteiger partial charge >= 0.3 is 0 Å². The highest BCUT2D eigenvalue weighted by Crippen LogP contribution is 2.73. The number of hydrogen-bond donors (Lipinski definition) is 1. The molecule has 0 aromatic heterocycles. The van der Waals surface area contributed by atoms with Crippen LogP contribution >= 0.6 is 0 Å². The monoisotopic (exact) mass is 311 g/mol. The van der Waals surface area contributed by atoms with Gasteiger partial charge in [-0.15, -0.1) is 0 Å². The SMILES string of the molecule is CN1CC(OCCOCC23CC(COC4CC(O)C4)(C2)C3)C1. The Morgan fingerprint density at radius 2 is 1.64 bits per heavy atom. The maximum Gasteiger partial charge on any atom is 0.0829 e. The van der Waals surface area contributed by atoms with E-state index in [0.717, 1.165) is 52.4 Å². The number of rotatable bonds is 9. The molecule has 5 heteroatoms. The van der Waals surface area contributed by atoms with Gasteiger partial charge in [-0.3, -0.25) is 0 Å². The van der Waals surface area contributed by atoms with Crippen LogP contribution in [0.1, 0.15) is 32.1 Å². The third-order valence-corrected chi connectivity index (χ3v) is 5.97. The normalized spacial score (nSPS) is 43.9. The van der Waals surface area contributed by atoms with Crippen LogP contribution in [-0.4, -0.2) is 74.9 Å². The van der Waals surface area contributed by atoms with Crippen molar-refractivity contribution in [3.8, 4) is 0 Å². The minimum atomic E-state index is -0.111. The second kappa shape index (κ2) is 5.71. The van der Waals surface area contributed by atoms with Crippen molar-refractivity contribution >= 4 is 0 Å². The molecule has 1 saturated heterocycles. The number of hydrogen-bond acceptors (Lipinski definition) is 5. The van der Waals surface area contributed by atoms with Crippen LogP contribution < -0.4 is 0 Å². The van der Waals surface area contributed by atoms with Crippen molar-refractivity contribution in [2.45, 2.75) is 50.4 Å². The Bertz CT molecular complexity index is 384. The minimum Gasteiger partial charge on any atom is -0.393 e. The van der Waals surface area contributed by atoms with Crippen LogP contribution in [0.3, 0.4) is 0 Å². The van der Waals surface area contributed by atoms with Crippen molar-refractivity contribution in [3.63, 3.8) is 0 Å². The summed E-state index contributed by atoms with van der Waals surface area (Å²) in [5.74, 6) is 0. The number of aliphatic hydroxyl groups is 1. The van der Waals surface area contributed by atoms with Gasteiger partial charge in [0.2, 0.25) is 0 Å². The fourth-order valence-corrected chi connectivity index (χ4v) is 4.82. The van der Waals surface area contributed by atoms with Gasteiger partial charge in [0.1, 0.15) is 0 Å². The lowest BCUT2D eigenvalue weighted by atomic mass is 9.35. The Morgan fingerprint density at radius 1 is 0.955 bits per heavy atom. The van der Waals surface area contributed by atoms with Gasteiger partial charge < -0.3 is 24.2 Å². The number of aliphatic hydroxyl groups excluding tert-OH is 1. The highest BCUT2D eigenvalue weighted by Gasteiger charge is 2.67. The molecule has 5 fully saturated rings. The summed E-state index contributed by atoms with van der Waals surface area (Å²) in [5, 5.41) is 9.27. The standard InChI is InChI=1S/C17H29NO4/c1-18-6-15(7-18)21-3-2-20-11-16-8-17(9-16,10-16)12-22-14-4-13(19)5-14/h13-15,19H,2-12H2,1H3. The molecular weight excluding hydrogens is 282 g/mol. The average molecular weight is 311 g/mol. The number of likely N-dealkylation sites (N-methyl/N-ethyl adjacent to an activating group) is 1. The molecule has 0 aromatic carbocycles. The molecule has 1 aliphatic heterocycles. The molecule has 126 valence electrons. The van der Waals surface area contributed by atoms with Crippen LogP contribution in [0.5, 0.6) is 0 Å². The third kappa shape index (κ3) is 2.94. The first kappa shape index (κ1) is 15.3. The van der Waals surface area contributed by atoms with E-state index >= 15 is 0 Å². The van der Waals surface area contributed by atoms with E-state index < -0.39 is 0 Å². The molecular formula is C17H29NO4. The zero-order valence-corrected chi connectivity index (χ0v) is 13.6. The van der Waals surface area contributed by atoms with Gasteiger partial charge in [-0.1, -0.05) is 0 Å². The van der Waals surface area contributed by atoms with Gasteiger partial charge in [0.15, 0.2) is 0 Å². The molecule has 0 atom stereocenters. The van der Waals surface area contributed by atoms with Crippen LogP contribution in [0.25, 0.3) is 0 Å². The molecule has 0 amide bonds. The van der Waals surface area contributed by atoms with Gasteiger partial charge in [0, 0.05) is 13.1 Å². The predicted molar refractivity (Wildman–Crippen MR) is 81.8 cm³/mol. The molecule has 0 radical (unpaired) electrons. The second-order valence-electron chi connectivity index (χ2n) is 8.36. The Kier molecular flexibility index (Phi) is 3.98. The summed E-state index contributed by atoms with van der Waals surface area (Å²) >= 11 is 0. The summed E-state index contributed by atoms with van der Waals surface area (Å²) in [6, 6.07) is 0. The molecule has 1 N–H and O–H groups in total. The van der Waals surface area contributed by atoms with E-state index in [4.69, 9.17) is 14.2 Å². The van der Waals surface area contributed by atoms with E-state index in [9.17, 15) is 5.11 Å². The first-order chi connectivity index (χ1) is 10.6. The second-order valence-corrected chi connectivity index (χ2v) is 8.36. The Morgan fingerprint density at radius 3 is 2.27 bits per heavy atom. The fourth-order valence-electron chi connectivity index (χ4n) is 4.82. The zero-order chi connectivity index (χ0) is 15.2. The summed E-state index contributed by atoms with van der Waals surface area (Å²) in [7, 11) is 2.12. The number of ether oxygens (including phenoxy) is 3. The molecule has 4 aliphatic carbocycles. The van der Waals surface area contributed by atoms with E-state index in [1.807, 2.05) is 0 Å². The quantitative estimate of drug-likeness (QED) is 0.645. The zero-order valence-electron chi connectivity index (χ0n) is 13.6. The van der Waals surface area contributed by atoms with Gasteiger partial charge in [0.05, 0.1) is 44.7 Å². The van der Waals surface area contributed by atoms with E-state index in [2.05, 4.69) is 11.9 Å². The van der Waals surface area contributed by atoms with Crippen LogP contribution in [-0.2, 0) is 14.2 Å². The molecule has 2 bridgehead atoms. The topological polar surface area (TPSA) is 51.2 Å². The Hall–Kier alpha value is -0.200. The number of likely N-dealkylation sites (tertiary alicyclic amines) is 1. The third-order valence-electron chi connectivity index (χ3n) is 5.97. The summed E-state index contributed by atoms with van der Waals surface area (Å²) in [6.07, 6.45) is 6.10. The van der Waals surface area contributed by atoms with Crippen molar-refractivity contribution in [1.82, 2.24) is 4.90 Å². The maximum atomic E-state index is 9.27. The van der Waals surface area contributed by atoms with Gasteiger partial charge in [-0.05, 0) is 50.0 Å². The fraction of sp³-hybridized carbons (Fsp3) is 1.00. The molecule has 0 unspecified atom stereocenters. The lowest BCUT2D eigenvalue weighted by Crippen LogP contribution is -2.66. The van der Waals surface area contributed by atoms with E-state index in [-0.39, 0.29) is 6.10 Å². The molecule has 5 aliphatic rings. The van der Waals surface area contributed by atoms with Gasteiger partial charge in [0.25, 0.3) is 0 Å². The van der Waals surface area contributed by atoms with Crippen LogP contribution in [0, 0.1) is 10.8 Å². The summed E-state index contributed by atoms with van der Waals surface area (Å²) < 4.78 is 17.5. The maximum absolute atomic E-state index is 9.27. The molecule has 1 heterocycles.